The van der Waals surface area contributed by atoms with Crippen molar-refractivity contribution in [2.45, 2.75) is 157 Å². The number of aliphatic hydroxyl groups is 1. The number of ether oxygens (including phenoxy) is 9. The molecule has 0 aliphatic carbocycles. The summed E-state index contributed by atoms with van der Waals surface area (Å²) in [6, 6.07) is 83.2. The Morgan fingerprint density at radius 3 is 0.866 bits per heavy atom. The number of halogens is 1. The van der Waals surface area contributed by atoms with Crippen molar-refractivity contribution < 1.29 is 71.7 Å². The lowest BCUT2D eigenvalue weighted by Gasteiger charge is -2.40. The van der Waals surface area contributed by atoms with Crippen LogP contribution in [0.5, 0.6) is 0 Å². The standard InChI is InChI=1S/C29H32INO5.2C29H30N4O5/c30-25-16-17-27(36-28(25)32)26(21-34-19-23-12-6-2-7-13-23)31(18-22-10-4-1-5-11-22)29(33)35-20-24-14-8-3-9-15-24;2*30-32-31-25-16-17-27(38-28(25)34)26(21-36-19-23-12-6-2-7-13-23)33(18-22-10-4-1-5-11-22)29(35)37-20-24-14-8-3-9-15-24/h1-15,25-28,32H,16-21H2;2*1-15,25-27H,16-21H2/t25?,26-,27-,28?;25-,26+,27+;25-,26-,27-/m010/s1. The van der Waals surface area contributed by atoms with E-state index in [9.17, 15) is 29.1 Å². The first-order valence-electron chi connectivity index (χ1n) is 37.2. The topological polar surface area (TPSA) is 296 Å². The van der Waals surface area contributed by atoms with E-state index in [-0.39, 0.29) is 62.8 Å². The number of aliphatic hydroxyl groups excluding tert-OH is 1. The molecule has 25 heteroatoms. The van der Waals surface area contributed by atoms with Crippen LogP contribution < -0.4 is 0 Å². The highest BCUT2D eigenvalue weighted by molar-refractivity contribution is 14.1. The van der Waals surface area contributed by atoms with E-state index in [4.69, 9.17) is 53.7 Å². The van der Waals surface area contributed by atoms with Gasteiger partial charge in [-0.3, -0.25) is 24.3 Å². The molecule has 3 fully saturated rings. The Morgan fingerprint density at radius 2 is 0.616 bits per heavy atom. The fraction of sp³-hybridized carbons (Fsp3) is 0.322. The van der Waals surface area contributed by atoms with Crippen molar-refractivity contribution in [3.8, 4) is 0 Å². The summed E-state index contributed by atoms with van der Waals surface area (Å²) < 4.78 is 52.9. The maximum Gasteiger partial charge on any atom is 0.410 e. The SMILES string of the molecule is O=C(OCc1ccccc1)N(Cc1ccccc1)[C@@H](COCc1ccccc1)[C@@H]1CCC(I)C(O)O1.[N-]=[N+]=N[C@@H]1CC[C@@H]([C@H](COCc2ccccc2)N(Cc2ccccc2)C(=O)OCc2ccccc2)OC1=O.[N-]=[N+]=N[C@H]1CC[C@@H]([C@H](COCc2ccccc2)N(Cc2ccccc2)C(=O)OCc2ccccc2)OC1=O. The number of cyclic esters (lactones) is 2. The zero-order chi connectivity index (χ0) is 78.3. The number of hydrogen-bond donors (Lipinski definition) is 1. The van der Waals surface area contributed by atoms with Crippen molar-refractivity contribution in [3.63, 3.8) is 0 Å². The van der Waals surface area contributed by atoms with E-state index in [0.717, 1.165) is 56.5 Å². The first-order valence-corrected chi connectivity index (χ1v) is 38.5. The summed E-state index contributed by atoms with van der Waals surface area (Å²) >= 11 is 2.21. The molecule has 3 aliphatic heterocycles. The number of rotatable bonds is 32. The molecule has 0 spiro atoms. The lowest BCUT2D eigenvalue weighted by atomic mass is 9.98. The van der Waals surface area contributed by atoms with Crippen LogP contribution in [0.1, 0.15) is 88.6 Å². The van der Waals surface area contributed by atoms with Crippen molar-refractivity contribution in [2.24, 2.45) is 10.2 Å². The third-order valence-electron chi connectivity index (χ3n) is 18.9. The second-order valence-corrected chi connectivity index (χ2v) is 28.5. The van der Waals surface area contributed by atoms with E-state index < -0.39 is 78.9 Å². The Balaban J connectivity index is 0.000000178. The van der Waals surface area contributed by atoms with Gasteiger partial charge in [0.2, 0.25) is 0 Å². The number of alkyl halides is 1. The molecule has 582 valence electrons. The minimum absolute atomic E-state index is 0.0114. The quantitative estimate of drug-likeness (QED) is 0.00779. The largest absolute Gasteiger partial charge is 0.460 e. The van der Waals surface area contributed by atoms with Gasteiger partial charge < -0.3 is 47.7 Å². The maximum absolute atomic E-state index is 13.5. The van der Waals surface area contributed by atoms with Gasteiger partial charge >= 0.3 is 30.2 Å². The number of benzene rings is 9. The minimum atomic E-state index is -0.889. The molecule has 0 bridgehead atoms. The van der Waals surface area contributed by atoms with Gasteiger partial charge in [0.15, 0.2) is 6.29 Å². The van der Waals surface area contributed by atoms with Crippen LogP contribution in [0.25, 0.3) is 20.9 Å². The van der Waals surface area contributed by atoms with Crippen molar-refractivity contribution in [3.05, 3.63) is 344 Å². The molecule has 3 heterocycles. The van der Waals surface area contributed by atoms with Crippen LogP contribution in [0.3, 0.4) is 0 Å². The van der Waals surface area contributed by atoms with Crippen LogP contribution in [0.2, 0.25) is 0 Å². The molecule has 112 heavy (non-hydrogen) atoms. The fourth-order valence-electron chi connectivity index (χ4n) is 12.9. The average molecular weight is 1630 g/mol. The van der Waals surface area contributed by atoms with Gasteiger partial charge in [-0.1, -0.05) is 306 Å². The molecular formula is C87H92IN9O15. The van der Waals surface area contributed by atoms with Gasteiger partial charge in [0, 0.05) is 29.5 Å². The Labute approximate surface area is 665 Å². The molecule has 10 atom stereocenters. The number of azide groups is 2. The summed E-state index contributed by atoms with van der Waals surface area (Å²) in [7, 11) is 0. The molecule has 0 radical (unpaired) electrons. The van der Waals surface area contributed by atoms with Crippen molar-refractivity contribution in [1.29, 1.82) is 0 Å². The van der Waals surface area contributed by atoms with Crippen LogP contribution >= 0.6 is 22.6 Å². The molecule has 0 saturated carbocycles. The molecule has 0 aromatic heterocycles. The number of amides is 3. The molecular weight excluding hydrogens is 1540 g/mol. The highest BCUT2D eigenvalue weighted by Gasteiger charge is 2.43. The molecule has 12 rings (SSSR count). The predicted octanol–water partition coefficient (Wildman–Crippen LogP) is 17.3. The Morgan fingerprint density at radius 1 is 0.375 bits per heavy atom. The number of hydrogen-bond acceptors (Lipinski definition) is 17. The van der Waals surface area contributed by atoms with Gasteiger partial charge in [-0.05, 0) is 99.7 Å². The molecule has 3 saturated heterocycles. The summed E-state index contributed by atoms with van der Waals surface area (Å²) in [5.41, 5.74) is 26.0. The van der Waals surface area contributed by atoms with Crippen molar-refractivity contribution in [1.82, 2.24) is 14.7 Å². The predicted molar refractivity (Wildman–Crippen MR) is 428 cm³/mol. The summed E-state index contributed by atoms with van der Waals surface area (Å²) in [4.78, 5) is 76.1. The summed E-state index contributed by atoms with van der Waals surface area (Å²) in [6.45, 7) is 2.77. The van der Waals surface area contributed by atoms with Gasteiger partial charge in [-0.25, -0.2) is 14.4 Å². The molecule has 9 aromatic rings. The van der Waals surface area contributed by atoms with Crippen LogP contribution in [-0.4, -0.2) is 129 Å². The van der Waals surface area contributed by atoms with E-state index in [2.05, 4.69) is 42.6 Å². The maximum atomic E-state index is 13.5. The van der Waals surface area contributed by atoms with Crippen molar-refractivity contribution >= 4 is 52.8 Å². The Kier molecular flexibility index (Phi) is 34.2. The van der Waals surface area contributed by atoms with Crippen LogP contribution in [-0.2, 0) is 111 Å². The molecule has 1 N–H and O–H groups in total. The van der Waals surface area contributed by atoms with E-state index in [1.165, 1.54) is 0 Å². The second-order valence-electron chi connectivity index (χ2n) is 26.9. The lowest BCUT2D eigenvalue weighted by molar-refractivity contribution is -0.179. The van der Waals surface area contributed by atoms with Gasteiger partial charge in [0.1, 0.15) is 44.1 Å². The molecule has 24 nitrogen and oxygen atoms in total. The minimum Gasteiger partial charge on any atom is -0.460 e. The average Bonchev–Trinajstić information content (AvgIpc) is 0.828. The van der Waals surface area contributed by atoms with Gasteiger partial charge in [-0.2, -0.15) is 0 Å². The second kappa shape index (κ2) is 45.9. The van der Waals surface area contributed by atoms with Crippen LogP contribution in [0.15, 0.2) is 283 Å². The normalized spacial score (nSPS) is 18.5. The third kappa shape index (κ3) is 27.1. The van der Waals surface area contributed by atoms with E-state index in [0.29, 0.717) is 58.5 Å². The number of esters is 2. The lowest BCUT2D eigenvalue weighted by Crippen LogP contribution is -2.53. The molecule has 9 aromatic carbocycles. The monoisotopic (exact) mass is 1630 g/mol. The third-order valence-corrected chi connectivity index (χ3v) is 20.1. The highest BCUT2D eigenvalue weighted by Crippen LogP contribution is 2.32. The number of carbonyl (C=O) groups is 5. The van der Waals surface area contributed by atoms with E-state index in [1.807, 2.05) is 273 Å². The zero-order valence-electron chi connectivity index (χ0n) is 62.0. The Bertz CT molecular complexity index is 4190. The summed E-state index contributed by atoms with van der Waals surface area (Å²) in [5.74, 6) is -1.21. The first kappa shape index (κ1) is 83.4. The summed E-state index contributed by atoms with van der Waals surface area (Å²) in [5, 5.41) is 17.5. The molecule has 2 unspecified atom stereocenters. The smallest absolute Gasteiger partial charge is 0.410 e. The number of carbonyl (C=O) groups excluding carboxylic acids is 5. The van der Waals surface area contributed by atoms with Gasteiger partial charge in [0.05, 0.1) is 67.8 Å². The van der Waals surface area contributed by atoms with Gasteiger partial charge in [-0.15, -0.1) is 0 Å². The van der Waals surface area contributed by atoms with E-state index in [1.54, 1.807) is 14.7 Å². The number of nitrogens with zero attached hydrogens (tertiary/aromatic N) is 9. The fourth-order valence-corrected chi connectivity index (χ4v) is 13.4. The zero-order valence-corrected chi connectivity index (χ0v) is 64.2. The highest BCUT2D eigenvalue weighted by atomic mass is 127. The van der Waals surface area contributed by atoms with Crippen molar-refractivity contribution in [2.75, 3.05) is 19.8 Å². The van der Waals surface area contributed by atoms with E-state index >= 15 is 0 Å². The molecule has 3 aliphatic rings. The Hall–Kier alpha value is -11.1. The van der Waals surface area contributed by atoms with Gasteiger partial charge in [0.25, 0.3) is 0 Å². The van der Waals surface area contributed by atoms with Crippen LogP contribution in [0, 0.1) is 0 Å². The molecule has 3 amide bonds. The van der Waals surface area contributed by atoms with Crippen LogP contribution in [0.4, 0.5) is 14.4 Å². The first-order chi connectivity index (χ1) is 54.9. The summed E-state index contributed by atoms with van der Waals surface area (Å²) in [6.07, 6.45) is -1.15.